The lowest BCUT2D eigenvalue weighted by Crippen LogP contribution is -2.52. The largest absolute Gasteiger partial charge is 0.352 e. The summed E-state index contributed by atoms with van der Waals surface area (Å²) in [5.41, 5.74) is 1.04. The van der Waals surface area contributed by atoms with E-state index in [4.69, 9.17) is 23.2 Å². The molecule has 2 fully saturated rings. The van der Waals surface area contributed by atoms with Crippen LogP contribution in [-0.4, -0.2) is 24.5 Å². The smallest absolute Gasteiger partial charge is 0.224 e. The molecule has 1 amide bonds. The Morgan fingerprint density at radius 3 is 2.82 bits per heavy atom. The highest BCUT2D eigenvalue weighted by Gasteiger charge is 2.45. The number of carbonyl (C=O) groups is 1. The molecule has 0 radical (unpaired) electrons. The van der Waals surface area contributed by atoms with Gasteiger partial charge in [0.15, 0.2) is 0 Å². The molecular weight excluding hydrogens is 343 g/mol. The van der Waals surface area contributed by atoms with Crippen molar-refractivity contribution in [1.82, 2.24) is 10.6 Å². The molecule has 1 heterocycles. The number of benzene rings is 1. The second kappa shape index (κ2) is 7.39. The molecule has 6 heteroatoms. The van der Waals surface area contributed by atoms with Crippen LogP contribution in [0.25, 0.3) is 0 Å². The molecule has 0 bridgehead atoms. The first kappa shape index (κ1) is 17.9. The maximum Gasteiger partial charge on any atom is 0.224 e. The summed E-state index contributed by atoms with van der Waals surface area (Å²) in [4.78, 5) is 12.4. The van der Waals surface area contributed by atoms with E-state index in [0.717, 1.165) is 31.4 Å². The Labute approximate surface area is 147 Å². The van der Waals surface area contributed by atoms with E-state index in [2.05, 4.69) is 17.6 Å². The zero-order chi connectivity index (χ0) is 15.0. The van der Waals surface area contributed by atoms with Gasteiger partial charge < -0.3 is 10.6 Å². The molecule has 122 valence electrons. The first-order chi connectivity index (χ1) is 10.1. The minimum Gasteiger partial charge on any atom is -0.352 e. The van der Waals surface area contributed by atoms with Crippen LogP contribution in [0.4, 0.5) is 0 Å². The number of amides is 1. The summed E-state index contributed by atoms with van der Waals surface area (Å²) < 4.78 is 0. The van der Waals surface area contributed by atoms with Crippen LogP contribution in [0.2, 0.25) is 10.0 Å². The zero-order valence-corrected chi connectivity index (χ0v) is 14.8. The third-order valence-corrected chi connectivity index (χ3v) is 5.14. The summed E-state index contributed by atoms with van der Waals surface area (Å²) in [5, 5.41) is 7.89. The minimum absolute atomic E-state index is 0. The second-order valence-electron chi connectivity index (χ2n) is 6.11. The van der Waals surface area contributed by atoms with E-state index < -0.39 is 0 Å². The molecule has 1 aromatic carbocycles. The van der Waals surface area contributed by atoms with E-state index in [-0.39, 0.29) is 36.2 Å². The van der Waals surface area contributed by atoms with E-state index >= 15 is 0 Å². The number of hydrogen-bond donors (Lipinski definition) is 2. The molecule has 1 aliphatic carbocycles. The third-order valence-electron chi connectivity index (χ3n) is 4.58. The summed E-state index contributed by atoms with van der Waals surface area (Å²) in [6, 6.07) is 6.11. The Morgan fingerprint density at radius 1 is 1.36 bits per heavy atom. The molecule has 3 nitrogen and oxygen atoms in total. The minimum atomic E-state index is 0. The summed E-state index contributed by atoms with van der Waals surface area (Å²) in [6.07, 6.45) is 3.05. The standard InChI is InChI=1S/C16H20Cl2N2O.ClH/c1-9-15(3-2-6-19-9)20-16(21)13-8-12(13)11-5-4-10(17)7-14(11)18;/h4-5,7,9,12-13,15,19H,2-3,6,8H2,1H3,(H,20,21);1H. The van der Waals surface area contributed by atoms with Crippen LogP contribution in [0.3, 0.4) is 0 Å². The van der Waals surface area contributed by atoms with Gasteiger partial charge in [0.2, 0.25) is 5.91 Å². The van der Waals surface area contributed by atoms with Crippen molar-refractivity contribution in [3.05, 3.63) is 33.8 Å². The number of rotatable bonds is 3. The molecule has 4 unspecified atom stereocenters. The van der Waals surface area contributed by atoms with Crippen molar-refractivity contribution in [2.45, 2.75) is 44.2 Å². The van der Waals surface area contributed by atoms with Gasteiger partial charge in [0.1, 0.15) is 0 Å². The van der Waals surface area contributed by atoms with Crippen LogP contribution in [0.1, 0.15) is 37.7 Å². The molecule has 0 spiro atoms. The number of halogens is 3. The van der Waals surface area contributed by atoms with E-state index in [1.807, 2.05) is 12.1 Å². The zero-order valence-electron chi connectivity index (χ0n) is 12.4. The predicted octanol–water partition coefficient (Wildman–Crippen LogP) is 3.78. The Kier molecular flexibility index (Phi) is 6.00. The van der Waals surface area contributed by atoms with Gasteiger partial charge in [-0.3, -0.25) is 4.79 Å². The van der Waals surface area contributed by atoms with E-state index in [1.165, 1.54) is 0 Å². The molecule has 3 rings (SSSR count). The van der Waals surface area contributed by atoms with Gasteiger partial charge in [-0.2, -0.15) is 0 Å². The van der Waals surface area contributed by atoms with Gasteiger partial charge in [-0.1, -0.05) is 29.3 Å². The lowest BCUT2D eigenvalue weighted by atomic mass is 9.99. The highest BCUT2D eigenvalue weighted by molar-refractivity contribution is 6.35. The topological polar surface area (TPSA) is 41.1 Å². The summed E-state index contributed by atoms with van der Waals surface area (Å²) in [7, 11) is 0. The Balaban J connectivity index is 0.00000176. The van der Waals surface area contributed by atoms with Crippen LogP contribution in [0.5, 0.6) is 0 Å². The lowest BCUT2D eigenvalue weighted by Gasteiger charge is -2.30. The van der Waals surface area contributed by atoms with Gasteiger partial charge in [0.25, 0.3) is 0 Å². The van der Waals surface area contributed by atoms with Gasteiger partial charge >= 0.3 is 0 Å². The van der Waals surface area contributed by atoms with Crippen LogP contribution in [0, 0.1) is 5.92 Å². The van der Waals surface area contributed by atoms with Crippen molar-refractivity contribution in [3.8, 4) is 0 Å². The monoisotopic (exact) mass is 362 g/mol. The quantitative estimate of drug-likeness (QED) is 0.858. The lowest BCUT2D eigenvalue weighted by molar-refractivity contribution is -0.123. The number of nitrogens with one attached hydrogen (secondary N) is 2. The number of carbonyl (C=O) groups excluding carboxylic acids is 1. The van der Waals surface area contributed by atoms with Crippen molar-refractivity contribution in [2.24, 2.45) is 5.92 Å². The Hall–Kier alpha value is -0.480. The fourth-order valence-corrected chi connectivity index (χ4v) is 3.71. The average Bonchev–Trinajstić information content (AvgIpc) is 3.21. The fraction of sp³-hybridized carbons (Fsp3) is 0.562. The maximum absolute atomic E-state index is 12.4. The van der Waals surface area contributed by atoms with E-state index in [1.54, 1.807) is 6.07 Å². The molecular formula is C16H21Cl3N2O. The number of piperidine rings is 1. The summed E-state index contributed by atoms with van der Waals surface area (Å²) >= 11 is 12.1. The van der Waals surface area contributed by atoms with Crippen LogP contribution >= 0.6 is 35.6 Å². The van der Waals surface area contributed by atoms with Gasteiger partial charge in [0, 0.05) is 28.0 Å². The first-order valence-corrected chi connectivity index (χ1v) is 8.30. The molecule has 4 atom stereocenters. The highest BCUT2D eigenvalue weighted by Crippen LogP contribution is 2.50. The van der Waals surface area contributed by atoms with Crippen molar-refractivity contribution in [2.75, 3.05) is 6.54 Å². The highest BCUT2D eigenvalue weighted by atomic mass is 35.5. The number of hydrogen-bond acceptors (Lipinski definition) is 2. The van der Waals surface area contributed by atoms with Crippen molar-refractivity contribution in [1.29, 1.82) is 0 Å². The van der Waals surface area contributed by atoms with Crippen LogP contribution in [-0.2, 0) is 4.79 Å². The SMILES string of the molecule is CC1NCCCC1NC(=O)C1CC1c1ccc(Cl)cc1Cl.Cl. The normalized spacial score (nSPS) is 30.3. The van der Waals surface area contributed by atoms with Gasteiger partial charge in [0.05, 0.1) is 0 Å². The molecule has 1 aromatic rings. The predicted molar refractivity (Wildman–Crippen MR) is 93.2 cm³/mol. The molecule has 2 N–H and O–H groups in total. The molecule has 1 saturated carbocycles. The van der Waals surface area contributed by atoms with E-state index in [9.17, 15) is 4.79 Å². The Morgan fingerprint density at radius 2 is 2.14 bits per heavy atom. The molecule has 1 saturated heterocycles. The third kappa shape index (κ3) is 3.88. The van der Waals surface area contributed by atoms with E-state index in [0.29, 0.717) is 16.1 Å². The molecule has 22 heavy (non-hydrogen) atoms. The van der Waals surface area contributed by atoms with Crippen LogP contribution in [0.15, 0.2) is 18.2 Å². The molecule has 2 aliphatic rings. The summed E-state index contributed by atoms with van der Waals surface area (Å²) in [6.45, 7) is 3.17. The van der Waals surface area contributed by atoms with Gasteiger partial charge in [-0.05, 0) is 56.3 Å². The fourth-order valence-electron chi connectivity index (χ4n) is 3.16. The van der Waals surface area contributed by atoms with Crippen molar-refractivity contribution < 1.29 is 4.79 Å². The first-order valence-electron chi connectivity index (χ1n) is 7.55. The molecule has 1 aliphatic heterocycles. The van der Waals surface area contributed by atoms with Gasteiger partial charge in [-0.15, -0.1) is 12.4 Å². The maximum atomic E-state index is 12.4. The Bertz CT molecular complexity index is 552. The van der Waals surface area contributed by atoms with Crippen molar-refractivity contribution in [3.63, 3.8) is 0 Å². The second-order valence-corrected chi connectivity index (χ2v) is 6.96. The average molecular weight is 364 g/mol. The van der Waals surface area contributed by atoms with Crippen LogP contribution < -0.4 is 10.6 Å². The summed E-state index contributed by atoms with van der Waals surface area (Å²) in [5.74, 6) is 0.450. The van der Waals surface area contributed by atoms with Crippen molar-refractivity contribution >= 4 is 41.5 Å². The van der Waals surface area contributed by atoms with Gasteiger partial charge in [-0.25, -0.2) is 0 Å². The molecule has 0 aromatic heterocycles.